The number of carbonyl (C=O) groups excluding carboxylic acids is 1. The molecule has 0 radical (unpaired) electrons. The molecule has 0 bridgehead atoms. The van der Waals surface area contributed by atoms with Crippen molar-refractivity contribution >= 4 is 33.8 Å². The van der Waals surface area contributed by atoms with E-state index < -0.39 is 0 Å². The lowest BCUT2D eigenvalue weighted by Crippen LogP contribution is -2.38. The number of fused-ring (bicyclic) bond motifs is 1. The number of rotatable bonds is 7. The Morgan fingerprint density at radius 1 is 1.14 bits per heavy atom. The molecule has 5 aromatic rings. The minimum Gasteiger partial charge on any atom is -0.472 e. The number of ether oxygens (including phenoxy) is 1. The fourth-order valence-corrected chi connectivity index (χ4v) is 5.04. The summed E-state index contributed by atoms with van der Waals surface area (Å²) in [5, 5.41) is 11.3. The highest BCUT2D eigenvalue weighted by molar-refractivity contribution is 7.13. The number of morpholine rings is 1. The molecule has 1 N–H and O–H groups in total. The van der Waals surface area contributed by atoms with E-state index in [-0.39, 0.29) is 5.91 Å². The maximum atomic E-state index is 13.2. The van der Waals surface area contributed by atoms with Crippen LogP contribution in [0.4, 0.5) is 5.69 Å². The highest BCUT2D eigenvalue weighted by Crippen LogP contribution is 2.33. The number of nitrogens with one attached hydrogen (secondary N) is 1. The van der Waals surface area contributed by atoms with Crippen LogP contribution in [-0.2, 0) is 11.3 Å². The third-order valence-electron chi connectivity index (χ3n) is 6.17. The first kappa shape index (κ1) is 22.6. The van der Waals surface area contributed by atoms with Crippen molar-refractivity contribution in [2.24, 2.45) is 0 Å². The minimum atomic E-state index is -0.273. The second-order valence-corrected chi connectivity index (χ2v) is 9.41. The fraction of sp³-hybridized carbons (Fsp3) is 0.231. The number of pyridine rings is 1. The number of anilines is 1. The summed E-state index contributed by atoms with van der Waals surface area (Å²) in [6.07, 6.45) is 8.75. The number of nitrogens with zero attached hydrogens (tertiary/aromatic N) is 5. The summed E-state index contributed by atoms with van der Waals surface area (Å²) in [5.41, 5.74) is 4.48. The first-order valence-corrected chi connectivity index (χ1v) is 12.6. The lowest BCUT2D eigenvalue weighted by atomic mass is 10.0. The van der Waals surface area contributed by atoms with Gasteiger partial charge >= 0.3 is 0 Å². The monoisotopic (exact) mass is 500 g/mol. The Labute approximate surface area is 211 Å². The van der Waals surface area contributed by atoms with Crippen molar-refractivity contribution in [2.75, 3.05) is 38.2 Å². The summed E-state index contributed by atoms with van der Waals surface area (Å²) in [4.78, 5) is 24.2. The van der Waals surface area contributed by atoms with E-state index in [9.17, 15) is 4.79 Å². The quantitative estimate of drug-likeness (QED) is 0.354. The van der Waals surface area contributed by atoms with Crippen LogP contribution in [0.15, 0.2) is 71.2 Å². The maximum Gasteiger partial charge on any atom is 0.275 e. The van der Waals surface area contributed by atoms with Crippen molar-refractivity contribution in [3.05, 3.63) is 72.5 Å². The van der Waals surface area contributed by atoms with Gasteiger partial charge < -0.3 is 14.5 Å². The van der Waals surface area contributed by atoms with Crippen LogP contribution in [0.2, 0.25) is 0 Å². The van der Waals surface area contributed by atoms with Gasteiger partial charge in [0.2, 0.25) is 0 Å². The second-order valence-electron chi connectivity index (χ2n) is 8.55. The van der Waals surface area contributed by atoms with Gasteiger partial charge in [-0.15, -0.1) is 11.3 Å². The third-order valence-corrected chi connectivity index (χ3v) is 7.06. The number of amides is 1. The van der Waals surface area contributed by atoms with E-state index in [0.29, 0.717) is 11.4 Å². The number of hydrogen-bond acceptors (Lipinski definition) is 8. The Bertz CT molecular complexity index is 1470. The molecule has 4 aromatic heterocycles. The van der Waals surface area contributed by atoms with E-state index in [1.54, 1.807) is 30.3 Å². The molecule has 6 rings (SSSR count). The van der Waals surface area contributed by atoms with E-state index in [0.717, 1.165) is 72.0 Å². The average molecular weight is 501 g/mol. The van der Waals surface area contributed by atoms with Gasteiger partial charge in [0.25, 0.3) is 5.91 Å². The van der Waals surface area contributed by atoms with Crippen molar-refractivity contribution in [1.29, 1.82) is 0 Å². The average Bonchev–Trinajstić information content (AvgIpc) is 3.69. The highest BCUT2D eigenvalue weighted by atomic mass is 32.1. The molecule has 1 amide bonds. The van der Waals surface area contributed by atoms with Gasteiger partial charge in [-0.25, -0.2) is 4.98 Å². The third kappa shape index (κ3) is 4.78. The van der Waals surface area contributed by atoms with Crippen molar-refractivity contribution in [3.63, 3.8) is 0 Å². The van der Waals surface area contributed by atoms with Crippen molar-refractivity contribution in [3.8, 4) is 21.7 Å². The summed E-state index contributed by atoms with van der Waals surface area (Å²) >= 11 is 1.41. The Morgan fingerprint density at radius 3 is 2.86 bits per heavy atom. The number of benzene rings is 1. The van der Waals surface area contributed by atoms with Crippen LogP contribution >= 0.6 is 11.3 Å². The number of carbonyl (C=O) groups is 1. The van der Waals surface area contributed by atoms with Crippen LogP contribution in [0.5, 0.6) is 0 Å². The molecule has 1 aromatic carbocycles. The van der Waals surface area contributed by atoms with E-state index in [4.69, 9.17) is 14.3 Å². The van der Waals surface area contributed by atoms with Crippen LogP contribution in [0.3, 0.4) is 0 Å². The summed E-state index contributed by atoms with van der Waals surface area (Å²) < 4.78 is 12.7. The Kier molecular flexibility index (Phi) is 6.29. The van der Waals surface area contributed by atoms with Gasteiger partial charge in [0, 0.05) is 71.4 Å². The van der Waals surface area contributed by atoms with Crippen LogP contribution < -0.4 is 5.32 Å². The first-order chi connectivity index (χ1) is 17.7. The largest absolute Gasteiger partial charge is 0.472 e. The molecule has 10 heteroatoms. The van der Waals surface area contributed by atoms with Crippen LogP contribution in [0, 0.1) is 0 Å². The lowest BCUT2D eigenvalue weighted by Gasteiger charge is -2.26. The highest BCUT2D eigenvalue weighted by Gasteiger charge is 2.17. The Balaban J connectivity index is 1.26. The predicted molar refractivity (Wildman–Crippen MR) is 138 cm³/mol. The summed E-state index contributed by atoms with van der Waals surface area (Å²) in [7, 11) is 0. The zero-order chi connectivity index (χ0) is 24.3. The number of hydrogen-bond donors (Lipinski definition) is 1. The van der Waals surface area contributed by atoms with Crippen LogP contribution in [-0.4, -0.2) is 63.4 Å². The summed E-state index contributed by atoms with van der Waals surface area (Å²) in [5.74, 6) is -0.273. The summed E-state index contributed by atoms with van der Waals surface area (Å²) in [6, 6.07) is 9.60. The zero-order valence-corrected chi connectivity index (χ0v) is 20.3. The topological polar surface area (TPSA) is 98.3 Å². The molecule has 1 fully saturated rings. The molecule has 36 heavy (non-hydrogen) atoms. The van der Waals surface area contributed by atoms with Gasteiger partial charge in [0.1, 0.15) is 10.7 Å². The van der Waals surface area contributed by atoms with Gasteiger partial charge in [-0.2, -0.15) is 5.10 Å². The molecule has 0 atom stereocenters. The van der Waals surface area contributed by atoms with Gasteiger partial charge in [-0.1, -0.05) is 0 Å². The Hall–Kier alpha value is -3.86. The smallest absolute Gasteiger partial charge is 0.275 e. The molecule has 9 nitrogen and oxygen atoms in total. The molecular formula is C26H24N6O3S. The van der Waals surface area contributed by atoms with Crippen LogP contribution in [0.25, 0.3) is 32.6 Å². The van der Waals surface area contributed by atoms with Gasteiger partial charge in [0.05, 0.1) is 37.8 Å². The van der Waals surface area contributed by atoms with E-state index in [2.05, 4.69) is 20.2 Å². The molecule has 182 valence electrons. The molecular weight excluding hydrogens is 476 g/mol. The standard InChI is InChI=1S/C26H24N6O3S/c33-25(24-17-36-26(29-24)18-2-1-4-27-14-18)28-23-12-20-15-32(6-5-31-7-10-34-11-8-31)30-22(20)13-21(23)19-3-9-35-16-19/h1-4,9,12-17H,5-8,10-11H2,(H,28,33). The number of aromatic nitrogens is 4. The molecule has 0 aliphatic carbocycles. The van der Waals surface area contributed by atoms with Crippen molar-refractivity contribution in [1.82, 2.24) is 24.6 Å². The zero-order valence-electron chi connectivity index (χ0n) is 19.5. The molecule has 0 spiro atoms. The van der Waals surface area contributed by atoms with Crippen molar-refractivity contribution < 1.29 is 13.9 Å². The lowest BCUT2D eigenvalue weighted by molar-refractivity contribution is 0.0360. The van der Waals surface area contributed by atoms with Gasteiger partial charge in [-0.05, 0) is 30.3 Å². The van der Waals surface area contributed by atoms with E-state index >= 15 is 0 Å². The molecule has 1 aliphatic heterocycles. The van der Waals surface area contributed by atoms with E-state index in [1.165, 1.54) is 11.3 Å². The summed E-state index contributed by atoms with van der Waals surface area (Å²) in [6.45, 7) is 5.15. The normalized spacial score (nSPS) is 14.3. The first-order valence-electron chi connectivity index (χ1n) is 11.7. The Morgan fingerprint density at radius 2 is 2.06 bits per heavy atom. The van der Waals surface area contributed by atoms with Gasteiger partial charge in [0.15, 0.2) is 0 Å². The maximum absolute atomic E-state index is 13.2. The second kappa shape index (κ2) is 10.0. The SMILES string of the molecule is O=C(Nc1cc2cn(CCN3CCOCC3)nc2cc1-c1ccoc1)c1csc(-c2cccnc2)n1. The van der Waals surface area contributed by atoms with Crippen LogP contribution in [0.1, 0.15) is 10.5 Å². The molecule has 5 heterocycles. The number of furan rings is 1. The molecule has 0 unspecified atom stereocenters. The predicted octanol–water partition coefficient (Wildman–Crippen LogP) is 4.40. The van der Waals surface area contributed by atoms with Gasteiger partial charge in [-0.3, -0.25) is 19.4 Å². The molecule has 1 aliphatic rings. The number of thiazole rings is 1. The fourth-order valence-electron chi connectivity index (χ4n) is 4.25. The molecule has 0 saturated carbocycles. The molecule has 1 saturated heterocycles. The minimum absolute atomic E-state index is 0.273. The van der Waals surface area contributed by atoms with E-state index in [1.807, 2.05) is 41.2 Å². The van der Waals surface area contributed by atoms with Crippen molar-refractivity contribution in [2.45, 2.75) is 6.54 Å².